The maximum Gasteiger partial charge on any atom is 0.355 e. The van der Waals surface area contributed by atoms with Crippen LogP contribution in [-0.2, 0) is 15.6 Å². The second-order valence-corrected chi connectivity index (χ2v) is 12.8. The Labute approximate surface area is 257 Å². The summed E-state index contributed by atoms with van der Waals surface area (Å²) in [6.45, 7) is 12.2. The van der Waals surface area contributed by atoms with Crippen molar-refractivity contribution in [2.75, 3.05) is 24.2 Å². The third-order valence-corrected chi connectivity index (χ3v) is 9.07. The lowest BCUT2D eigenvalue weighted by molar-refractivity contribution is -0.128. The topological polar surface area (TPSA) is 88.4 Å². The zero-order valence-electron chi connectivity index (χ0n) is 24.7. The number of piperazine rings is 1. The molecule has 0 saturated carbocycles. The molecule has 5 rings (SSSR count). The minimum absolute atomic E-state index is 0.0326. The van der Waals surface area contributed by atoms with Crippen LogP contribution in [0.15, 0.2) is 70.9 Å². The van der Waals surface area contributed by atoms with Gasteiger partial charge in [-0.1, -0.05) is 56.3 Å². The van der Waals surface area contributed by atoms with Crippen molar-refractivity contribution in [3.8, 4) is 16.9 Å². The third-order valence-electron chi connectivity index (χ3n) is 7.83. The van der Waals surface area contributed by atoms with Gasteiger partial charge in [0.25, 0.3) is 0 Å². The number of carbonyl (C=O) groups is 1. The molecular formula is C32H33ClFN5O3S. The summed E-state index contributed by atoms with van der Waals surface area (Å²) in [7, 11) is -1.46. The van der Waals surface area contributed by atoms with Gasteiger partial charge in [-0.3, -0.25) is 9.00 Å². The Kier molecular flexibility index (Phi) is 8.54. The molecule has 43 heavy (non-hydrogen) atoms. The van der Waals surface area contributed by atoms with Crippen molar-refractivity contribution in [1.29, 1.82) is 0 Å². The van der Waals surface area contributed by atoms with Gasteiger partial charge < -0.3 is 9.80 Å². The number of hydrogen-bond acceptors (Lipinski definition) is 6. The molecule has 3 heterocycles. The molecule has 1 aliphatic rings. The molecule has 1 aliphatic heterocycles. The highest BCUT2D eigenvalue weighted by Gasteiger charge is 2.34. The third kappa shape index (κ3) is 5.49. The number of para-hydroxylation sites is 1. The molecule has 1 fully saturated rings. The van der Waals surface area contributed by atoms with E-state index >= 15 is 4.39 Å². The number of anilines is 1. The first-order chi connectivity index (χ1) is 20.4. The van der Waals surface area contributed by atoms with Crippen molar-refractivity contribution in [2.45, 2.75) is 50.6 Å². The monoisotopic (exact) mass is 621 g/mol. The molecule has 1 saturated heterocycles. The molecule has 8 nitrogen and oxygen atoms in total. The number of amides is 1. The lowest BCUT2D eigenvalue weighted by atomic mass is 10.0. The summed E-state index contributed by atoms with van der Waals surface area (Å²) < 4.78 is 29.4. The maximum atomic E-state index is 15.0. The van der Waals surface area contributed by atoms with Gasteiger partial charge >= 0.3 is 5.69 Å². The molecule has 224 valence electrons. The molecule has 4 aromatic rings. The second kappa shape index (κ2) is 12.0. The largest absolute Gasteiger partial charge is 0.355 e. The minimum Gasteiger partial charge on any atom is -0.349 e. The van der Waals surface area contributed by atoms with E-state index in [1.807, 2.05) is 44.7 Å². The van der Waals surface area contributed by atoms with Gasteiger partial charge in [0.1, 0.15) is 11.6 Å². The molecule has 0 aliphatic carbocycles. The van der Waals surface area contributed by atoms with Gasteiger partial charge in [0.2, 0.25) is 5.91 Å². The van der Waals surface area contributed by atoms with E-state index in [9.17, 15) is 13.8 Å². The van der Waals surface area contributed by atoms with Crippen molar-refractivity contribution < 1.29 is 13.4 Å². The van der Waals surface area contributed by atoms with E-state index in [2.05, 4.69) is 11.6 Å². The summed E-state index contributed by atoms with van der Waals surface area (Å²) in [5.74, 6) is -0.355. The predicted molar refractivity (Wildman–Crippen MR) is 170 cm³/mol. The Morgan fingerprint density at radius 2 is 1.84 bits per heavy atom. The number of nitrogens with zero attached hydrogens (tertiary/aromatic N) is 5. The molecule has 3 atom stereocenters. The van der Waals surface area contributed by atoms with Gasteiger partial charge in [-0.25, -0.2) is 18.7 Å². The number of hydrogen-bond donors (Lipinski definition) is 0. The van der Waals surface area contributed by atoms with Crippen LogP contribution in [0.2, 0.25) is 5.02 Å². The highest BCUT2D eigenvalue weighted by atomic mass is 35.5. The molecule has 0 N–H and O–H groups in total. The predicted octanol–water partition coefficient (Wildman–Crippen LogP) is 5.71. The summed E-state index contributed by atoms with van der Waals surface area (Å²) >= 11 is 6.80. The molecule has 0 bridgehead atoms. The summed E-state index contributed by atoms with van der Waals surface area (Å²) in [4.78, 5) is 40.2. The SMILES string of the molecule is C=CC(=O)N1C[C@H](C)N(c2nc(=O)n(-c3c(C(C)C)cccc3S(C)=O)c3nc(-c4ccccc4F)c(Cl)cc23)C[C@H]1C. The zero-order chi connectivity index (χ0) is 31.2. The van der Waals surface area contributed by atoms with E-state index in [-0.39, 0.29) is 45.8 Å². The second-order valence-electron chi connectivity index (χ2n) is 11.1. The minimum atomic E-state index is -1.46. The van der Waals surface area contributed by atoms with Crippen molar-refractivity contribution in [1.82, 2.24) is 19.4 Å². The zero-order valence-corrected chi connectivity index (χ0v) is 26.2. The van der Waals surface area contributed by atoms with Gasteiger partial charge in [-0.15, -0.1) is 0 Å². The van der Waals surface area contributed by atoms with Crippen molar-refractivity contribution in [3.63, 3.8) is 0 Å². The summed E-state index contributed by atoms with van der Waals surface area (Å²) in [6, 6.07) is 12.8. The van der Waals surface area contributed by atoms with Crippen LogP contribution in [0, 0.1) is 5.82 Å². The standard InChI is InChI=1S/C32H33ClFN5O3S/c1-7-27(40)37-16-20(5)38(17-19(37)4)30-23-15-24(33)28(22-11-8-9-13-25(22)34)35-31(23)39(32(41)36-30)29-21(18(2)3)12-10-14-26(29)43(6)42/h7-15,18-20H,1,16-17H2,2-6H3/t19-,20+,43?/m1/s1. The summed E-state index contributed by atoms with van der Waals surface area (Å²) in [6.07, 6.45) is 2.85. The highest BCUT2D eigenvalue weighted by Crippen LogP contribution is 2.37. The van der Waals surface area contributed by atoms with Crippen molar-refractivity contribution >= 4 is 45.2 Å². The van der Waals surface area contributed by atoms with E-state index in [0.717, 1.165) is 5.56 Å². The number of aromatic nitrogens is 3. The molecule has 2 aromatic carbocycles. The molecule has 0 radical (unpaired) electrons. The van der Waals surface area contributed by atoms with Crippen LogP contribution in [0.1, 0.15) is 39.2 Å². The summed E-state index contributed by atoms with van der Waals surface area (Å²) in [5, 5.41) is 0.655. The molecule has 1 amide bonds. The first-order valence-corrected chi connectivity index (χ1v) is 15.9. The average Bonchev–Trinajstić information content (AvgIpc) is 2.97. The van der Waals surface area contributed by atoms with E-state index < -0.39 is 22.3 Å². The highest BCUT2D eigenvalue weighted by molar-refractivity contribution is 7.84. The van der Waals surface area contributed by atoms with Crippen LogP contribution in [0.5, 0.6) is 0 Å². The van der Waals surface area contributed by atoms with Gasteiger partial charge in [-0.05, 0) is 55.7 Å². The van der Waals surface area contributed by atoms with Crippen molar-refractivity contribution in [2.24, 2.45) is 0 Å². The van der Waals surface area contributed by atoms with E-state index in [0.29, 0.717) is 34.9 Å². The Morgan fingerprint density at radius 3 is 2.49 bits per heavy atom. The Morgan fingerprint density at radius 1 is 1.12 bits per heavy atom. The first-order valence-electron chi connectivity index (χ1n) is 14.0. The van der Waals surface area contributed by atoms with Gasteiger partial charge in [0, 0.05) is 37.0 Å². The van der Waals surface area contributed by atoms with Gasteiger partial charge in [0.05, 0.1) is 37.5 Å². The van der Waals surface area contributed by atoms with Crippen LogP contribution in [-0.4, -0.2) is 61.0 Å². The lowest BCUT2D eigenvalue weighted by Gasteiger charge is -2.44. The average molecular weight is 622 g/mol. The Balaban J connectivity index is 1.86. The van der Waals surface area contributed by atoms with Crippen LogP contribution in [0.25, 0.3) is 28.0 Å². The van der Waals surface area contributed by atoms with E-state index in [4.69, 9.17) is 16.6 Å². The quantitative estimate of drug-likeness (QED) is 0.256. The van der Waals surface area contributed by atoms with E-state index in [1.165, 1.54) is 16.7 Å². The molecule has 11 heteroatoms. The molecule has 0 spiro atoms. The number of fused-ring (bicyclic) bond motifs is 1. The fourth-order valence-electron chi connectivity index (χ4n) is 5.69. The van der Waals surface area contributed by atoms with Crippen molar-refractivity contribution in [3.05, 3.63) is 88.1 Å². The van der Waals surface area contributed by atoms with Crippen LogP contribution in [0.4, 0.5) is 10.2 Å². The smallest absolute Gasteiger partial charge is 0.349 e. The van der Waals surface area contributed by atoms with Gasteiger partial charge in [0.15, 0.2) is 5.65 Å². The number of rotatable bonds is 6. The number of pyridine rings is 1. The van der Waals surface area contributed by atoms with E-state index in [1.54, 1.807) is 41.5 Å². The molecular weight excluding hydrogens is 589 g/mol. The number of benzene rings is 2. The lowest BCUT2D eigenvalue weighted by Crippen LogP contribution is -2.58. The fraction of sp³-hybridized carbons (Fsp3) is 0.312. The fourth-order valence-corrected chi connectivity index (χ4v) is 6.70. The van der Waals surface area contributed by atoms with Crippen LogP contribution >= 0.6 is 11.6 Å². The Bertz CT molecular complexity index is 1840. The normalized spacial score (nSPS) is 17.9. The van der Waals surface area contributed by atoms with Crippen LogP contribution in [0.3, 0.4) is 0 Å². The van der Waals surface area contributed by atoms with Crippen LogP contribution < -0.4 is 10.6 Å². The van der Waals surface area contributed by atoms with Gasteiger partial charge in [-0.2, -0.15) is 4.98 Å². The summed E-state index contributed by atoms with van der Waals surface area (Å²) in [5.41, 5.74) is 1.16. The number of carbonyl (C=O) groups excluding carboxylic acids is 1. The molecule has 1 unspecified atom stereocenters. The Hall–Kier alpha value is -3.89. The first kappa shape index (κ1) is 30.6. The number of halogens is 2. The maximum absolute atomic E-state index is 15.0. The molecule has 2 aromatic heterocycles.